The molecule has 0 heterocycles. The summed E-state index contributed by atoms with van der Waals surface area (Å²) in [5.41, 5.74) is 1.96. The number of halogens is 2. The summed E-state index contributed by atoms with van der Waals surface area (Å²) >= 11 is 5.50. The first-order chi connectivity index (χ1) is 7.17. The minimum atomic E-state index is -0.567. The number of hydrogen-bond acceptors (Lipinski definition) is 3. The van der Waals surface area contributed by atoms with Crippen LogP contribution >= 0.6 is 11.6 Å². The molecule has 0 saturated carbocycles. The Morgan fingerprint density at radius 2 is 2.33 bits per heavy atom. The number of nitriles is 1. The standard InChI is InChI=1S/C8H6ClFN4O/c9-6-3-5(1-2-7(6)10)13-8(14-15)12-4-11/h1-3,15H,(H2,12,13,14). The zero-order valence-electron chi connectivity index (χ0n) is 7.33. The molecule has 0 spiro atoms. The minimum absolute atomic E-state index is 0.0921. The molecule has 78 valence electrons. The van der Waals surface area contributed by atoms with Crippen molar-refractivity contribution in [2.45, 2.75) is 0 Å². The lowest BCUT2D eigenvalue weighted by molar-refractivity contribution is 0.231. The van der Waals surface area contributed by atoms with Gasteiger partial charge in [-0.05, 0) is 18.2 Å². The zero-order valence-corrected chi connectivity index (χ0v) is 8.09. The van der Waals surface area contributed by atoms with Crippen LogP contribution in [0.1, 0.15) is 0 Å². The van der Waals surface area contributed by atoms with Gasteiger partial charge in [0.1, 0.15) is 5.82 Å². The van der Waals surface area contributed by atoms with Crippen LogP contribution < -0.4 is 10.8 Å². The first-order valence-corrected chi connectivity index (χ1v) is 4.14. The van der Waals surface area contributed by atoms with Gasteiger partial charge in [0.15, 0.2) is 6.19 Å². The molecule has 0 aliphatic carbocycles. The quantitative estimate of drug-likeness (QED) is 0.224. The van der Waals surface area contributed by atoms with Crippen molar-refractivity contribution in [2.75, 3.05) is 0 Å². The van der Waals surface area contributed by atoms with Gasteiger partial charge in [-0.2, -0.15) is 5.26 Å². The lowest BCUT2D eigenvalue weighted by Gasteiger charge is -2.01. The summed E-state index contributed by atoms with van der Waals surface area (Å²) in [6.07, 6.45) is 1.55. The average Bonchev–Trinajstić information content (AvgIpc) is 2.23. The molecule has 0 aromatic heterocycles. The van der Waals surface area contributed by atoms with Crippen molar-refractivity contribution >= 4 is 23.2 Å². The number of benzene rings is 1. The van der Waals surface area contributed by atoms with Gasteiger partial charge in [0.2, 0.25) is 5.96 Å². The number of aliphatic imine (C=N–C) groups is 1. The van der Waals surface area contributed by atoms with Crippen LogP contribution in [0.15, 0.2) is 23.2 Å². The number of nitrogens with zero attached hydrogens (tertiary/aromatic N) is 2. The fraction of sp³-hybridized carbons (Fsp3) is 0. The predicted octanol–water partition coefficient (Wildman–Crippen LogP) is 1.52. The lowest BCUT2D eigenvalue weighted by Crippen LogP contribution is -2.31. The summed E-state index contributed by atoms with van der Waals surface area (Å²) in [7, 11) is 0. The van der Waals surface area contributed by atoms with E-state index in [4.69, 9.17) is 22.1 Å². The van der Waals surface area contributed by atoms with Crippen molar-refractivity contribution in [1.82, 2.24) is 10.8 Å². The molecule has 15 heavy (non-hydrogen) atoms. The third-order valence-electron chi connectivity index (χ3n) is 1.42. The maximum absolute atomic E-state index is 12.8. The topological polar surface area (TPSA) is 80.4 Å². The Balaban J connectivity index is 2.97. The second kappa shape index (κ2) is 5.14. The first kappa shape index (κ1) is 11.2. The molecule has 0 aliphatic heterocycles. The highest BCUT2D eigenvalue weighted by molar-refractivity contribution is 6.31. The SMILES string of the molecule is N#CNC(=Nc1ccc(F)c(Cl)c1)NO. The van der Waals surface area contributed by atoms with Crippen molar-refractivity contribution in [3.05, 3.63) is 29.0 Å². The Morgan fingerprint density at radius 1 is 1.60 bits per heavy atom. The Hall–Kier alpha value is -1.84. The number of nitrogens with one attached hydrogen (secondary N) is 2. The number of hydrogen-bond donors (Lipinski definition) is 3. The summed E-state index contributed by atoms with van der Waals surface area (Å²) in [4.78, 5) is 3.74. The first-order valence-electron chi connectivity index (χ1n) is 3.76. The fourth-order valence-corrected chi connectivity index (χ4v) is 0.992. The molecule has 0 radical (unpaired) electrons. The maximum Gasteiger partial charge on any atom is 0.234 e. The highest BCUT2D eigenvalue weighted by Gasteiger charge is 2.01. The van der Waals surface area contributed by atoms with E-state index in [1.54, 1.807) is 11.7 Å². The molecule has 0 aliphatic rings. The molecule has 3 N–H and O–H groups in total. The number of guanidine groups is 1. The van der Waals surface area contributed by atoms with E-state index in [2.05, 4.69) is 10.3 Å². The molecule has 7 heteroatoms. The van der Waals surface area contributed by atoms with Crippen molar-refractivity contribution in [3.63, 3.8) is 0 Å². The molecule has 1 aromatic carbocycles. The van der Waals surface area contributed by atoms with Gasteiger partial charge in [0, 0.05) is 0 Å². The van der Waals surface area contributed by atoms with E-state index >= 15 is 0 Å². The van der Waals surface area contributed by atoms with Gasteiger partial charge < -0.3 is 0 Å². The van der Waals surface area contributed by atoms with Crippen molar-refractivity contribution in [3.8, 4) is 6.19 Å². The van der Waals surface area contributed by atoms with Crippen LogP contribution in [-0.4, -0.2) is 11.2 Å². The summed E-state index contributed by atoms with van der Waals surface area (Å²) in [6, 6.07) is 3.73. The fourth-order valence-electron chi connectivity index (χ4n) is 0.818. The molecule has 0 atom stereocenters. The monoisotopic (exact) mass is 228 g/mol. The molecule has 0 bridgehead atoms. The summed E-state index contributed by atoms with van der Waals surface area (Å²) in [5.74, 6) is -0.748. The van der Waals surface area contributed by atoms with Gasteiger partial charge in [-0.15, -0.1) is 0 Å². The summed E-state index contributed by atoms with van der Waals surface area (Å²) < 4.78 is 12.8. The van der Waals surface area contributed by atoms with Gasteiger partial charge in [0.05, 0.1) is 10.7 Å². The van der Waals surface area contributed by atoms with Crippen LogP contribution in [0.25, 0.3) is 0 Å². The zero-order chi connectivity index (χ0) is 11.3. The third-order valence-corrected chi connectivity index (χ3v) is 1.71. The van der Waals surface area contributed by atoms with Crippen LogP contribution in [0.4, 0.5) is 10.1 Å². The van der Waals surface area contributed by atoms with E-state index in [1.807, 2.05) is 0 Å². The molecule has 1 rings (SSSR count). The van der Waals surface area contributed by atoms with Gasteiger partial charge in [-0.1, -0.05) is 11.6 Å². The van der Waals surface area contributed by atoms with Gasteiger partial charge in [0.25, 0.3) is 0 Å². The normalized spacial score (nSPS) is 10.7. The van der Waals surface area contributed by atoms with Gasteiger partial charge in [-0.25, -0.2) is 14.9 Å². The van der Waals surface area contributed by atoms with E-state index in [0.717, 1.165) is 6.07 Å². The second-order valence-corrected chi connectivity index (χ2v) is 2.81. The van der Waals surface area contributed by atoms with Gasteiger partial charge in [-0.3, -0.25) is 10.5 Å². The molecular formula is C8H6ClFN4O. The van der Waals surface area contributed by atoms with E-state index in [9.17, 15) is 4.39 Å². The van der Waals surface area contributed by atoms with Crippen LogP contribution in [0.5, 0.6) is 0 Å². The van der Waals surface area contributed by atoms with Gasteiger partial charge >= 0.3 is 0 Å². The summed E-state index contributed by atoms with van der Waals surface area (Å²) in [6.45, 7) is 0. The minimum Gasteiger partial charge on any atom is -0.288 e. The maximum atomic E-state index is 12.8. The van der Waals surface area contributed by atoms with Crippen molar-refractivity contribution in [2.24, 2.45) is 4.99 Å². The molecule has 0 saturated heterocycles. The molecule has 0 unspecified atom stereocenters. The smallest absolute Gasteiger partial charge is 0.234 e. The lowest BCUT2D eigenvalue weighted by atomic mass is 10.3. The van der Waals surface area contributed by atoms with Crippen LogP contribution in [-0.2, 0) is 0 Å². The number of hydroxylamine groups is 1. The predicted molar refractivity (Wildman–Crippen MR) is 52.2 cm³/mol. The van der Waals surface area contributed by atoms with E-state index < -0.39 is 5.82 Å². The van der Waals surface area contributed by atoms with Crippen LogP contribution in [0.2, 0.25) is 5.02 Å². The highest BCUT2D eigenvalue weighted by atomic mass is 35.5. The van der Waals surface area contributed by atoms with E-state index in [-0.39, 0.29) is 11.0 Å². The number of rotatable bonds is 1. The van der Waals surface area contributed by atoms with Crippen LogP contribution in [0.3, 0.4) is 0 Å². The van der Waals surface area contributed by atoms with Crippen LogP contribution in [0, 0.1) is 17.3 Å². The molecule has 0 amide bonds. The highest BCUT2D eigenvalue weighted by Crippen LogP contribution is 2.21. The molecule has 0 fully saturated rings. The molecular weight excluding hydrogens is 223 g/mol. The Morgan fingerprint density at radius 3 is 2.87 bits per heavy atom. The molecule has 1 aromatic rings. The third kappa shape index (κ3) is 3.09. The van der Waals surface area contributed by atoms with Crippen molar-refractivity contribution in [1.29, 1.82) is 5.26 Å². The Bertz CT molecular complexity index is 429. The largest absolute Gasteiger partial charge is 0.288 e. The van der Waals surface area contributed by atoms with E-state index in [0.29, 0.717) is 5.69 Å². The second-order valence-electron chi connectivity index (χ2n) is 2.41. The van der Waals surface area contributed by atoms with Crippen molar-refractivity contribution < 1.29 is 9.60 Å². The van der Waals surface area contributed by atoms with E-state index in [1.165, 1.54) is 12.1 Å². The Kier molecular flexibility index (Phi) is 3.85. The summed E-state index contributed by atoms with van der Waals surface area (Å²) in [5, 5.41) is 18.8. The average molecular weight is 229 g/mol. The molecule has 5 nitrogen and oxygen atoms in total. The Labute approximate surface area is 89.8 Å².